The van der Waals surface area contributed by atoms with Gasteiger partial charge in [-0.25, -0.2) is 9.78 Å². The first-order valence-electron chi connectivity index (χ1n) is 5.84. The molecule has 2 rings (SSSR count). The number of hydrogen-bond donors (Lipinski definition) is 1. The second-order valence-corrected chi connectivity index (χ2v) is 5.85. The zero-order chi connectivity index (χ0) is 13.1. The maximum Gasteiger partial charge on any atom is 0.325 e. The summed E-state index contributed by atoms with van der Waals surface area (Å²) < 4.78 is 0.416. The number of aromatic nitrogens is 1. The second-order valence-electron chi connectivity index (χ2n) is 4.15. The number of rotatable bonds is 5. The van der Waals surface area contributed by atoms with Crippen molar-refractivity contribution in [3.63, 3.8) is 0 Å². The van der Waals surface area contributed by atoms with Crippen molar-refractivity contribution in [3.05, 3.63) is 15.5 Å². The van der Waals surface area contributed by atoms with Crippen molar-refractivity contribution in [3.8, 4) is 0 Å². The Kier molecular flexibility index (Phi) is 4.19. The summed E-state index contributed by atoms with van der Waals surface area (Å²) in [7, 11) is 0. The van der Waals surface area contributed by atoms with Gasteiger partial charge in [-0.2, -0.15) is 0 Å². The predicted molar refractivity (Wildman–Crippen MR) is 69.5 cm³/mol. The Morgan fingerprint density at radius 1 is 1.56 bits per heavy atom. The molecule has 1 aliphatic heterocycles. The zero-order valence-electron chi connectivity index (χ0n) is 9.98. The van der Waals surface area contributed by atoms with Crippen molar-refractivity contribution in [2.75, 3.05) is 0 Å². The zero-order valence-corrected chi connectivity index (χ0v) is 11.6. The van der Waals surface area contributed by atoms with E-state index in [-0.39, 0.29) is 24.5 Å². The fourth-order valence-electron chi connectivity index (χ4n) is 1.84. The smallest absolute Gasteiger partial charge is 0.325 e. The molecule has 18 heavy (non-hydrogen) atoms. The lowest BCUT2D eigenvalue weighted by Crippen LogP contribution is -2.30. The number of urea groups is 1. The molecule has 1 aromatic rings. The number of nitrogens with one attached hydrogen (secondary N) is 1. The van der Waals surface area contributed by atoms with Crippen LogP contribution in [0.2, 0.25) is 4.47 Å². The van der Waals surface area contributed by atoms with Gasteiger partial charge in [0.1, 0.15) is 6.04 Å². The number of carbonyl (C=O) groups excluding carboxylic acids is 2. The van der Waals surface area contributed by atoms with E-state index >= 15 is 0 Å². The largest absolute Gasteiger partial charge is 0.326 e. The van der Waals surface area contributed by atoms with E-state index in [2.05, 4.69) is 17.2 Å². The van der Waals surface area contributed by atoms with Gasteiger partial charge in [0.25, 0.3) is 5.91 Å². The number of imide groups is 1. The number of amides is 3. The van der Waals surface area contributed by atoms with Crippen molar-refractivity contribution < 1.29 is 9.59 Å². The summed E-state index contributed by atoms with van der Waals surface area (Å²) in [5.41, 5.74) is 0. The molecular weight excluding hydrogens is 274 g/mol. The van der Waals surface area contributed by atoms with Gasteiger partial charge in [0.05, 0.1) is 6.54 Å². The fraction of sp³-hybridized carbons (Fsp3) is 0.545. The lowest BCUT2D eigenvalue weighted by atomic mass is 10.1. The molecule has 1 saturated heterocycles. The number of thiazole rings is 1. The van der Waals surface area contributed by atoms with Crippen molar-refractivity contribution in [1.82, 2.24) is 15.2 Å². The average Bonchev–Trinajstić information content (AvgIpc) is 2.86. The molecule has 0 bridgehead atoms. The van der Waals surface area contributed by atoms with Crippen LogP contribution in [0.3, 0.4) is 0 Å². The Morgan fingerprint density at radius 2 is 2.33 bits per heavy atom. The molecule has 0 aromatic carbocycles. The quantitative estimate of drug-likeness (QED) is 0.846. The van der Waals surface area contributed by atoms with Crippen LogP contribution in [0.25, 0.3) is 0 Å². The van der Waals surface area contributed by atoms with Crippen LogP contribution < -0.4 is 5.32 Å². The van der Waals surface area contributed by atoms with Gasteiger partial charge in [-0.05, 0) is 6.42 Å². The minimum atomic E-state index is -0.374. The van der Waals surface area contributed by atoms with E-state index in [0.717, 1.165) is 17.7 Å². The van der Waals surface area contributed by atoms with E-state index in [1.54, 1.807) is 6.20 Å². The first kappa shape index (κ1) is 13.3. The number of unbranched alkanes of at least 4 members (excludes halogenated alkanes) is 1. The van der Waals surface area contributed by atoms with Gasteiger partial charge in [-0.3, -0.25) is 9.69 Å². The molecule has 5 nitrogen and oxygen atoms in total. The highest BCUT2D eigenvalue weighted by molar-refractivity contribution is 7.15. The van der Waals surface area contributed by atoms with Crippen LogP contribution in [-0.4, -0.2) is 27.9 Å². The molecule has 0 spiro atoms. The summed E-state index contributed by atoms with van der Waals surface area (Å²) in [6.45, 7) is 2.30. The standard InChI is InChI=1S/C11H14ClN3O2S/c1-2-3-4-8-9(16)15(11(17)14-8)6-7-5-13-10(12)18-7/h5,8H,2-4,6H2,1H3,(H,14,17)/t8-/m0/s1. The van der Waals surface area contributed by atoms with Gasteiger partial charge < -0.3 is 5.32 Å². The maximum absolute atomic E-state index is 12.0. The highest BCUT2D eigenvalue weighted by atomic mass is 35.5. The molecule has 0 saturated carbocycles. The van der Waals surface area contributed by atoms with Crippen LogP contribution in [-0.2, 0) is 11.3 Å². The van der Waals surface area contributed by atoms with Crippen molar-refractivity contribution in [1.29, 1.82) is 0 Å². The Bertz CT molecular complexity index is 463. The van der Waals surface area contributed by atoms with Gasteiger partial charge >= 0.3 is 6.03 Å². The Labute approximate surface area is 114 Å². The van der Waals surface area contributed by atoms with Crippen molar-refractivity contribution in [2.24, 2.45) is 0 Å². The van der Waals surface area contributed by atoms with Crippen molar-refractivity contribution >= 4 is 34.9 Å². The monoisotopic (exact) mass is 287 g/mol. The first-order chi connectivity index (χ1) is 8.61. The summed E-state index contributed by atoms with van der Waals surface area (Å²) in [5.74, 6) is -0.155. The molecule has 7 heteroatoms. The Balaban J connectivity index is 2.00. The normalized spacial score (nSPS) is 19.4. The summed E-state index contributed by atoms with van der Waals surface area (Å²) in [6.07, 6.45) is 4.22. The molecule has 0 aliphatic carbocycles. The van der Waals surface area contributed by atoms with E-state index in [1.165, 1.54) is 16.2 Å². The first-order valence-corrected chi connectivity index (χ1v) is 7.03. The van der Waals surface area contributed by atoms with E-state index in [0.29, 0.717) is 10.9 Å². The van der Waals surface area contributed by atoms with Gasteiger partial charge in [-0.1, -0.05) is 31.4 Å². The molecule has 0 unspecified atom stereocenters. The highest BCUT2D eigenvalue weighted by Crippen LogP contribution is 2.21. The topological polar surface area (TPSA) is 62.3 Å². The minimum absolute atomic E-state index is 0.155. The second kappa shape index (κ2) is 5.67. The predicted octanol–water partition coefficient (Wildman–Crippen LogP) is 2.41. The third-order valence-corrected chi connectivity index (χ3v) is 3.89. The number of nitrogens with zero attached hydrogens (tertiary/aromatic N) is 2. The molecule has 2 heterocycles. The summed E-state index contributed by atoms with van der Waals surface area (Å²) in [5, 5.41) is 2.70. The molecule has 1 aliphatic rings. The Hall–Kier alpha value is -1.14. The van der Waals surface area contributed by atoms with Crippen LogP contribution >= 0.6 is 22.9 Å². The van der Waals surface area contributed by atoms with Crippen LogP contribution in [0.1, 0.15) is 31.1 Å². The lowest BCUT2D eigenvalue weighted by molar-refractivity contribution is -0.128. The van der Waals surface area contributed by atoms with Crippen LogP contribution in [0.15, 0.2) is 6.20 Å². The molecule has 0 radical (unpaired) electrons. The van der Waals surface area contributed by atoms with E-state index < -0.39 is 0 Å². The molecule has 1 N–H and O–H groups in total. The molecule has 98 valence electrons. The van der Waals surface area contributed by atoms with Gasteiger partial charge in [0.15, 0.2) is 4.47 Å². The van der Waals surface area contributed by atoms with Gasteiger partial charge in [0, 0.05) is 11.1 Å². The minimum Gasteiger partial charge on any atom is -0.326 e. The van der Waals surface area contributed by atoms with Gasteiger partial charge in [-0.15, -0.1) is 11.3 Å². The molecule has 1 atom stereocenters. The molecule has 3 amide bonds. The van der Waals surface area contributed by atoms with Crippen LogP contribution in [0, 0.1) is 0 Å². The van der Waals surface area contributed by atoms with Crippen LogP contribution in [0.5, 0.6) is 0 Å². The third kappa shape index (κ3) is 2.81. The van der Waals surface area contributed by atoms with Gasteiger partial charge in [0.2, 0.25) is 0 Å². The third-order valence-electron chi connectivity index (χ3n) is 2.79. The summed E-state index contributed by atoms with van der Waals surface area (Å²) in [6, 6.07) is -0.702. The van der Waals surface area contributed by atoms with E-state index in [1.807, 2.05) is 0 Å². The number of carbonyl (C=O) groups is 2. The average molecular weight is 288 g/mol. The maximum atomic E-state index is 12.0. The lowest BCUT2D eigenvalue weighted by Gasteiger charge is -2.11. The highest BCUT2D eigenvalue weighted by Gasteiger charge is 2.37. The van der Waals surface area contributed by atoms with E-state index in [4.69, 9.17) is 11.6 Å². The fourth-order valence-corrected chi connectivity index (χ4v) is 2.81. The van der Waals surface area contributed by atoms with Crippen LogP contribution in [0.4, 0.5) is 4.79 Å². The Morgan fingerprint density at radius 3 is 2.94 bits per heavy atom. The molecule has 1 aromatic heterocycles. The van der Waals surface area contributed by atoms with Crippen molar-refractivity contribution in [2.45, 2.75) is 38.8 Å². The number of hydrogen-bond acceptors (Lipinski definition) is 4. The number of halogens is 1. The molecule has 1 fully saturated rings. The SMILES string of the molecule is CCCC[C@@H]1NC(=O)N(Cc2cnc(Cl)s2)C1=O. The molecular formula is C11H14ClN3O2S. The summed E-state index contributed by atoms with van der Waals surface area (Å²) in [4.78, 5) is 29.7. The summed E-state index contributed by atoms with van der Waals surface area (Å²) >= 11 is 7.00. The van der Waals surface area contributed by atoms with E-state index in [9.17, 15) is 9.59 Å².